The van der Waals surface area contributed by atoms with Crippen LogP contribution in [0, 0.1) is 0 Å². The van der Waals surface area contributed by atoms with Crippen molar-refractivity contribution >= 4 is 11.9 Å². The van der Waals surface area contributed by atoms with Crippen LogP contribution in [0.4, 0.5) is 13.2 Å². The molecule has 3 rings (SSSR count). The fourth-order valence-electron chi connectivity index (χ4n) is 2.84. The summed E-state index contributed by atoms with van der Waals surface area (Å²) in [5.74, 6) is -3.09. The summed E-state index contributed by atoms with van der Waals surface area (Å²) < 4.78 is 42.6. The lowest BCUT2D eigenvalue weighted by Gasteiger charge is -2.26. The van der Waals surface area contributed by atoms with E-state index in [0.717, 1.165) is 36.5 Å². The van der Waals surface area contributed by atoms with Crippen molar-refractivity contribution in [2.24, 2.45) is 0 Å². The number of carboxylic acids is 2. The van der Waals surface area contributed by atoms with Gasteiger partial charge in [-0.25, -0.2) is 9.59 Å². The van der Waals surface area contributed by atoms with Crippen LogP contribution in [0.2, 0.25) is 0 Å². The summed E-state index contributed by atoms with van der Waals surface area (Å²) in [5, 5.41) is 16.0. The predicted octanol–water partition coefficient (Wildman–Crippen LogP) is 4.14. The molecule has 164 valence electrons. The first kappa shape index (κ1) is 23.3. The molecular formula is C20H22F3NO6. The molecular weight excluding hydrogens is 407 g/mol. The molecule has 0 unspecified atom stereocenters. The van der Waals surface area contributed by atoms with Gasteiger partial charge in [-0.1, -0.05) is 18.6 Å². The molecule has 0 atom stereocenters. The van der Waals surface area contributed by atoms with Gasteiger partial charge < -0.3 is 19.4 Å². The number of aliphatic carboxylic acids is 1. The normalized spacial score (nSPS) is 14.5. The van der Waals surface area contributed by atoms with Gasteiger partial charge in [0.2, 0.25) is 5.76 Å². The Morgan fingerprint density at radius 2 is 1.73 bits per heavy atom. The lowest BCUT2D eigenvalue weighted by atomic mass is 10.1. The second-order valence-corrected chi connectivity index (χ2v) is 6.59. The minimum Gasteiger partial charge on any atom is -0.492 e. The van der Waals surface area contributed by atoms with E-state index in [1.807, 2.05) is 24.3 Å². The second kappa shape index (κ2) is 10.7. The molecule has 1 aliphatic rings. The smallest absolute Gasteiger partial charge is 0.490 e. The van der Waals surface area contributed by atoms with Gasteiger partial charge in [0.15, 0.2) is 0 Å². The van der Waals surface area contributed by atoms with Gasteiger partial charge in [-0.05, 0) is 49.7 Å². The Kier molecular flexibility index (Phi) is 8.28. The maximum atomic E-state index is 10.9. The first-order valence-corrected chi connectivity index (χ1v) is 9.24. The van der Waals surface area contributed by atoms with E-state index in [4.69, 9.17) is 24.2 Å². The summed E-state index contributed by atoms with van der Waals surface area (Å²) in [7, 11) is 0. The molecule has 1 fully saturated rings. The molecule has 30 heavy (non-hydrogen) atoms. The van der Waals surface area contributed by atoms with E-state index in [2.05, 4.69) is 4.90 Å². The minimum atomic E-state index is -5.08. The Bertz CT molecular complexity index is 843. The third kappa shape index (κ3) is 7.43. The van der Waals surface area contributed by atoms with Gasteiger partial charge in [-0.3, -0.25) is 4.90 Å². The summed E-state index contributed by atoms with van der Waals surface area (Å²) >= 11 is 0. The molecule has 1 saturated heterocycles. The molecule has 2 N–H and O–H groups in total. The van der Waals surface area contributed by atoms with Crippen LogP contribution in [0.3, 0.4) is 0 Å². The third-order valence-corrected chi connectivity index (χ3v) is 4.35. The number of piperidine rings is 1. The minimum absolute atomic E-state index is 0.0589. The summed E-state index contributed by atoms with van der Waals surface area (Å²) in [4.78, 5) is 22.2. The molecule has 1 aliphatic heterocycles. The first-order valence-electron chi connectivity index (χ1n) is 9.24. The summed E-state index contributed by atoms with van der Waals surface area (Å²) in [5.41, 5.74) is 1.63. The van der Waals surface area contributed by atoms with Gasteiger partial charge >= 0.3 is 18.1 Å². The average Bonchev–Trinajstić information content (AvgIpc) is 3.20. The average molecular weight is 429 g/mol. The molecule has 0 bridgehead atoms. The predicted molar refractivity (Wildman–Crippen MR) is 101 cm³/mol. The van der Waals surface area contributed by atoms with Gasteiger partial charge in [0.05, 0.1) is 6.26 Å². The molecule has 2 heterocycles. The zero-order valence-corrected chi connectivity index (χ0v) is 16.0. The standard InChI is InChI=1S/C18H21NO4.C2HF3O2/c20-18(21)17-12-15(13-23-17)14-5-4-6-16(11-14)22-10-9-19-7-2-1-3-8-19;3-2(4,5)1(6)7/h4-6,11-13H,1-3,7-10H2,(H,20,21);(H,6,7). The molecule has 0 radical (unpaired) electrons. The van der Waals surface area contributed by atoms with Crippen LogP contribution >= 0.6 is 0 Å². The highest BCUT2D eigenvalue weighted by Gasteiger charge is 2.38. The number of ether oxygens (including phenoxy) is 1. The number of furan rings is 1. The second-order valence-electron chi connectivity index (χ2n) is 6.59. The molecule has 0 amide bonds. The van der Waals surface area contributed by atoms with Crippen molar-refractivity contribution in [2.75, 3.05) is 26.2 Å². The van der Waals surface area contributed by atoms with Crippen molar-refractivity contribution in [1.29, 1.82) is 0 Å². The summed E-state index contributed by atoms with van der Waals surface area (Å²) in [6.45, 7) is 3.93. The van der Waals surface area contributed by atoms with E-state index in [1.54, 1.807) is 0 Å². The fraction of sp³-hybridized carbons (Fsp3) is 0.400. The van der Waals surface area contributed by atoms with E-state index in [-0.39, 0.29) is 5.76 Å². The lowest BCUT2D eigenvalue weighted by molar-refractivity contribution is -0.192. The Morgan fingerprint density at radius 1 is 1.07 bits per heavy atom. The number of hydrogen-bond donors (Lipinski definition) is 2. The summed E-state index contributed by atoms with van der Waals surface area (Å²) in [6, 6.07) is 9.16. The van der Waals surface area contributed by atoms with Gasteiger partial charge in [0, 0.05) is 12.1 Å². The van der Waals surface area contributed by atoms with Gasteiger partial charge in [0.1, 0.15) is 12.4 Å². The van der Waals surface area contributed by atoms with Crippen LogP contribution in [0.5, 0.6) is 5.75 Å². The number of likely N-dealkylation sites (tertiary alicyclic amines) is 1. The fourth-order valence-corrected chi connectivity index (χ4v) is 2.84. The molecule has 1 aromatic carbocycles. The van der Waals surface area contributed by atoms with Crippen molar-refractivity contribution in [3.63, 3.8) is 0 Å². The highest BCUT2D eigenvalue weighted by Crippen LogP contribution is 2.26. The largest absolute Gasteiger partial charge is 0.492 e. The van der Waals surface area contributed by atoms with Crippen molar-refractivity contribution in [2.45, 2.75) is 25.4 Å². The van der Waals surface area contributed by atoms with E-state index < -0.39 is 18.1 Å². The zero-order chi connectivity index (χ0) is 22.1. The monoisotopic (exact) mass is 429 g/mol. The lowest BCUT2D eigenvalue weighted by Crippen LogP contribution is -2.33. The van der Waals surface area contributed by atoms with Crippen molar-refractivity contribution < 1.29 is 42.1 Å². The number of rotatable bonds is 6. The number of benzene rings is 1. The third-order valence-electron chi connectivity index (χ3n) is 4.35. The molecule has 7 nitrogen and oxygen atoms in total. The van der Waals surface area contributed by atoms with E-state index in [1.165, 1.54) is 31.6 Å². The number of hydrogen-bond acceptors (Lipinski definition) is 5. The van der Waals surface area contributed by atoms with Crippen molar-refractivity contribution in [3.8, 4) is 16.9 Å². The van der Waals surface area contributed by atoms with Crippen LogP contribution in [0.1, 0.15) is 29.8 Å². The van der Waals surface area contributed by atoms with Crippen LogP contribution in [0.25, 0.3) is 11.1 Å². The van der Waals surface area contributed by atoms with Crippen molar-refractivity contribution in [1.82, 2.24) is 4.90 Å². The van der Waals surface area contributed by atoms with Crippen LogP contribution < -0.4 is 4.74 Å². The maximum Gasteiger partial charge on any atom is 0.490 e. The molecule has 10 heteroatoms. The number of aromatic carboxylic acids is 1. The number of nitrogens with zero attached hydrogens (tertiary/aromatic N) is 1. The van der Waals surface area contributed by atoms with Crippen LogP contribution in [0.15, 0.2) is 41.0 Å². The first-order chi connectivity index (χ1) is 14.2. The quantitative estimate of drug-likeness (QED) is 0.712. The topological polar surface area (TPSA) is 100 Å². The Balaban J connectivity index is 0.000000396. The van der Waals surface area contributed by atoms with E-state index in [0.29, 0.717) is 6.61 Å². The molecule has 0 aliphatic carbocycles. The van der Waals surface area contributed by atoms with Crippen LogP contribution in [-0.4, -0.2) is 59.5 Å². The highest BCUT2D eigenvalue weighted by molar-refractivity contribution is 5.86. The number of carboxylic acid groups (broad SMARTS) is 2. The van der Waals surface area contributed by atoms with E-state index in [9.17, 15) is 18.0 Å². The SMILES string of the molecule is O=C(O)C(F)(F)F.O=C(O)c1cc(-c2cccc(OCCN3CCCCC3)c2)co1. The molecule has 0 saturated carbocycles. The molecule has 0 spiro atoms. The zero-order valence-electron chi connectivity index (χ0n) is 16.0. The number of halogens is 3. The van der Waals surface area contributed by atoms with Crippen LogP contribution in [-0.2, 0) is 4.79 Å². The number of alkyl halides is 3. The highest BCUT2D eigenvalue weighted by atomic mass is 19.4. The molecule has 2 aromatic rings. The van der Waals surface area contributed by atoms with E-state index >= 15 is 0 Å². The Hall–Kier alpha value is -3.01. The summed E-state index contributed by atoms with van der Waals surface area (Å²) in [6.07, 6.45) is 0.266. The Morgan fingerprint density at radius 3 is 2.30 bits per heavy atom. The van der Waals surface area contributed by atoms with Crippen molar-refractivity contribution in [3.05, 3.63) is 42.4 Å². The molecule has 1 aromatic heterocycles. The van der Waals surface area contributed by atoms with Gasteiger partial charge in [-0.2, -0.15) is 13.2 Å². The number of carbonyl (C=O) groups is 2. The maximum absolute atomic E-state index is 10.9. The Labute approximate surface area is 170 Å². The van der Waals surface area contributed by atoms with Gasteiger partial charge in [-0.15, -0.1) is 0 Å². The van der Waals surface area contributed by atoms with Gasteiger partial charge in [0.25, 0.3) is 0 Å².